The number of amides is 1. The molecule has 2 rings (SSSR count). The maximum Gasteiger partial charge on any atom is 0.269 e. The fraction of sp³-hybridized carbons (Fsp3) is 0.368. The highest BCUT2D eigenvalue weighted by Gasteiger charge is 2.08. The second-order valence-electron chi connectivity index (χ2n) is 5.59. The van der Waals surface area contributed by atoms with Crippen molar-refractivity contribution in [1.29, 1.82) is 0 Å². The minimum atomic E-state index is -0.148. The summed E-state index contributed by atoms with van der Waals surface area (Å²) in [7, 11) is 3.21. The van der Waals surface area contributed by atoms with Gasteiger partial charge in [-0.1, -0.05) is 19.8 Å². The number of ether oxygens (including phenoxy) is 2. The minimum Gasteiger partial charge on any atom is -0.497 e. The largest absolute Gasteiger partial charge is 0.497 e. The molecule has 0 unspecified atom stereocenters. The maximum atomic E-state index is 12.0. The SMILES string of the molecule is CCCCCNC(=O)c1ccc(Nc2ccc(OC)cc2OC)cn1. The molecule has 0 aliphatic rings. The molecule has 0 aliphatic carbocycles. The van der Waals surface area contributed by atoms with E-state index >= 15 is 0 Å². The zero-order valence-electron chi connectivity index (χ0n) is 15.0. The Kier molecular flexibility index (Phi) is 7.07. The predicted octanol–water partition coefficient (Wildman–Crippen LogP) is 3.76. The summed E-state index contributed by atoms with van der Waals surface area (Å²) >= 11 is 0. The summed E-state index contributed by atoms with van der Waals surface area (Å²) in [6.45, 7) is 2.81. The van der Waals surface area contributed by atoms with Crippen molar-refractivity contribution in [2.24, 2.45) is 0 Å². The van der Waals surface area contributed by atoms with E-state index < -0.39 is 0 Å². The van der Waals surface area contributed by atoms with Gasteiger partial charge in [-0.3, -0.25) is 4.79 Å². The summed E-state index contributed by atoms with van der Waals surface area (Å²) in [5.41, 5.74) is 1.97. The number of unbranched alkanes of at least 4 members (excludes halogenated alkanes) is 2. The van der Waals surface area contributed by atoms with Gasteiger partial charge in [0.25, 0.3) is 5.91 Å². The fourth-order valence-corrected chi connectivity index (χ4v) is 2.33. The van der Waals surface area contributed by atoms with Crippen LogP contribution in [0, 0.1) is 0 Å². The highest BCUT2D eigenvalue weighted by molar-refractivity contribution is 5.92. The first-order valence-corrected chi connectivity index (χ1v) is 8.41. The highest BCUT2D eigenvalue weighted by Crippen LogP contribution is 2.31. The number of benzene rings is 1. The molecule has 0 fully saturated rings. The minimum absolute atomic E-state index is 0.148. The Labute approximate surface area is 148 Å². The molecule has 2 N–H and O–H groups in total. The summed E-state index contributed by atoms with van der Waals surface area (Å²) < 4.78 is 10.5. The van der Waals surface area contributed by atoms with Gasteiger partial charge in [0.2, 0.25) is 0 Å². The first kappa shape index (κ1) is 18.6. The van der Waals surface area contributed by atoms with Crippen molar-refractivity contribution in [3.63, 3.8) is 0 Å². The van der Waals surface area contributed by atoms with Crippen LogP contribution in [0.2, 0.25) is 0 Å². The third-order valence-electron chi connectivity index (χ3n) is 3.75. The molecule has 0 aliphatic heterocycles. The molecule has 1 aromatic heterocycles. The van der Waals surface area contributed by atoms with Crippen molar-refractivity contribution in [2.45, 2.75) is 26.2 Å². The molecule has 0 atom stereocenters. The molecule has 25 heavy (non-hydrogen) atoms. The van der Waals surface area contributed by atoms with Gasteiger partial charge in [-0.15, -0.1) is 0 Å². The van der Waals surface area contributed by atoms with Crippen molar-refractivity contribution in [1.82, 2.24) is 10.3 Å². The molecule has 134 valence electrons. The van der Waals surface area contributed by atoms with Gasteiger partial charge in [-0.25, -0.2) is 4.98 Å². The fourth-order valence-electron chi connectivity index (χ4n) is 2.33. The highest BCUT2D eigenvalue weighted by atomic mass is 16.5. The Hall–Kier alpha value is -2.76. The number of hydrogen-bond acceptors (Lipinski definition) is 5. The smallest absolute Gasteiger partial charge is 0.269 e. The van der Waals surface area contributed by atoms with E-state index in [1.54, 1.807) is 32.5 Å². The lowest BCUT2D eigenvalue weighted by molar-refractivity contribution is 0.0948. The van der Waals surface area contributed by atoms with Crippen molar-refractivity contribution in [3.05, 3.63) is 42.2 Å². The van der Waals surface area contributed by atoms with Crippen LogP contribution in [0.3, 0.4) is 0 Å². The lowest BCUT2D eigenvalue weighted by Crippen LogP contribution is -2.25. The van der Waals surface area contributed by atoms with E-state index in [9.17, 15) is 4.79 Å². The zero-order valence-corrected chi connectivity index (χ0v) is 15.0. The Morgan fingerprint density at radius 2 is 1.96 bits per heavy atom. The van der Waals surface area contributed by atoms with Gasteiger partial charge in [0.1, 0.15) is 17.2 Å². The number of nitrogens with one attached hydrogen (secondary N) is 2. The van der Waals surface area contributed by atoms with Crippen LogP contribution in [0.5, 0.6) is 11.5 Å². The lowest BCUT2D eigenvalue weighted by atomic mass is 10.2. The first-order valence-electron chi connectivity index (χ1n) is 8.41. The molecule has 0 spiro atoms. The van der Waals surface area contributed by atoms with Crippen LogP contribution in [0.4, 0.5) is 11.4 Å². The number of carbonyl (C=O) groups excluding carboxylic acids is 1. The summed E-state index contributed by atoms with van der Waals surface area (Å²) in [6.07, 6.45) is 4.85. The molecule has 0 bridgehead atoms. The van der Waals surface area contributed by atoms with Crippen LogP contribution >= 0.6 is 0 Å². The van der Waals surface area contributed by atoms with E-state index in [1.165, 1.54) is 0 Å². The Morgan fingerprint density at radius 3 is 2.60 bits per heavy atom. The number of anilines is 2. The number of rotatable bonds is 9. The molecule has 6 nitrogen and oxygen atoms in total. The second kappa shape index (κ2) is 9.52. The Morgan fingerprint density at radius 1 is 1.12 bits per heavy atom. The molecule has 1 aromatic carbocycles. The van der Waals surface area contributed by atoms with E-state index in [0.29, 0.717) is 18.0 Å². The second-order valence-corrected chi connectivity index (χ2v) is 5.59. The number of pyridine rings is 1. The molecule has 1 heterocycles. The summed E-state index contributed by atoms with van der Waals surface area (Å²) in [5.74, 6) is 1.23. The molecule has 0 saturated heterocycles. The van der Waals surface area contributed by atoms with E-state index in [2.05, 4.69) is 22.5 Å². The Bertz CT molecular complexity index is 687. The Balaban J connectivity index is 1.99. The lowest BCUT2D eigenvalue weighted by Gasteiger charge is -2.12. The molecule has 0 radical (unpaired) electrons. The first-order chi connectivity index (χ1) is 12.2. The van der Waals surface area contributed by atoms with Crippen LogP contribution < -0.4 is 20.1 Å². The average Bonchev–Trinajstić information content (AvgIpc) is 2.66. The number of aromatic nitrogens is 1. The number of carbonyl (C=O) groups is 1. The molecular formula is C19H25N3O3. The topological polar surface area (TPSA) is 72.5 Å². The van der Waals surface area contributed by atoms with E-state index in [-0.39, 0.29) is 5.91 Å². The van der Waals surface area contributed by atoms with Gasteiger partial charge in [0.05, 0.1) is 31.8 Å². The van der Waals surface area contributed by atoms with Gasteiger partial charge in [0.15, 0.2) is 0 Å². The average molecular weight is 343 g/mol. The van der Waals surface area contributed by atoms with Crippen molar-refractivity contribution in [3.8, 4) is 11.5 Å². The van der Waals surface area contributed by atoms with Gasteiger partial charge in [-0.2, -0.15) is 0 Å². The molecule has 0 saturated carbocycles. The molecule has 2 aromatic rings. The third-order valence-corrected chi connectivity index (χ3v) is 3.75. The summed E-state index contributed by atoms with van der Waals surface area (Å²) in [5, 5.41) is 6.10. The third kappa shape index (κ3) is 5.38. The van der Waals surface area contributed by atoms with Gasteiger partial charge in [-0.05, 0) is 30.7 Å². The molecular weight excluding hydrogens is 318 g/mol. The van der Waals surface area contributed by atoms with Crippen molar-refractivity contribution < 1.29 is 14.3 Å². The van der Waals surface area contributed by atoms with E-state index in [1.807, 2.05) is 18.2 Å². The normalized spacial score (nSPS) is 10.2. The van der Waals surface area contributed by atoms with Crippen LogP contribution in [-0.4, -0.2) is 31.7 Å². The zero-order chi connectivity index (χ0) is 18.1. The maximum absolute atomic E-state index is 12.0. The van der Waals surface area contributed by atoms with Crippen LogP contribution in [0.25, 0.3) is 0 Å². The van der Waals surface area contributed by atoms with Crippen molar-refractivity contribution in [2.75, 3.05) is 26.1 Å². The van der Waals surface area contributed by atoms with Crippen LogP contribution in [0.1, 0.15) is 36.7 Å². The molecule has 1 amide bonds. The quantitative estimate of drug-likeness (QED) is 0.678. The van der Waals surface area contributed by atoms with Gasteiger partial charge < -0.3 is 20.1 Å². The monoisotopic (exact) mass is 343 g/mol. The summed E-state index contributed by atoms with van der Waals surface area (Å²) in [6, 6.07) is 9.03. The number of hydrogen-bond donors (Lipinski definition) is 2. The van der Waals surface area contributed by atoms with E-state index in [4.69, 9.17) is 9.47 Å². The number of methoxy groups -OCH3 is 2. The summed E-state index contributed by atoms with van der Waals surface area (Å²) in [4.78, 5) is 16.2. The van der Waals surface area contributed by atoms with Gasteiger partial charge in [0, 0.05) is 12.6 Å². The number of nitrogens with zero attached hydrogens (tertiary/aromatic N) is 1. The van der Waals surface area contributed by atoms with Crippen LogP contribution in [-0.2, 0) is 0 Å². The predicted molar refractivity (Wildman–Crippen MR) is 98.9 cm³/mol. The molecule has 6 heteroatoms. The van der Waals surface area contributed by atoms with Crippen LogP contribution in [0.15, 0.2) is 36.5 Å². The standard InChI is InChI=1S/C19H25N3O3/c1-4-5-6-11-20-19(23)17-9-7-14(13-21-17)22-16-10-8-15(24-2)12-18(16)25-3/h7-10,12-13,22H,4-6,11H2,1-3H3,(H,20,23). The van der Waals surface area contributed by atoms with Gasteiger partial charge >= 0.3 is 0 Å². The van der Waals surface area contributed by atoms with Crippen molar-refractivity contribution >= 4 is 17.3 Å². The van der Waals surface area contributed by atoms with E-state index in [0.717, 1.165) is 36.4 Å².